The van der Waals surface area contributed by atoms with E-state index in [1.807, 2.05) is 11.8 Å². The number of rotatable bonds is 4. The van der Waals surface area contributed by atoms with E-state index in [4.69, 9.17) is 10.5 Å². The topological polar surface area (TPSA) is 77.2 Å². The minimum absolute atomic E-state index is 0.218. The van der Waals surface area contributed by atoms with E-state index in [1.165, 1.54) is 25.7 Å². The number of nitrogen functional groups attached to an aromatic ring is 1. The maximum Gasteiger partial charge on any atom is 0.340 e. The highest BCUT2D eigenvalue weighted by atomic mass is 32.2. The van der Waals surface area contributed by atoms with Crippen molar-refractivity contribution in [3.05, 3.63) is 17.8 Å². The largest absolute Gasteiger partial charge is 0.465 e. The first-order valence-corrected chi connectivity index (χ1v) is 7.25. The van der Waals surface area contributed by atoms with Crippen LogP contribution in [0, 0.1) is 0 Å². The molecule has 0 aliphatic carbocycles. The Bertz CT molecular complexity index is 473. The van der Waals surface area contributed by atoms with E-state index in [9.17, 15) is 4.79 Å². The van der Waals surface area contributed by atoms with Gasteiger partial charge in [-0.15, -0.1) is 0 Å². The van der Waals surface area contributed by atoms with Crippen molar-refractivity contribution in [2.75, 3.05) is 30.5 Å². The molecule has 1 aliphatic rings. The highest BCUT2D eigenvalue weighted by molar-refractivity contribution is 8.00. The molecule has 19 heavy (non-hydrogen) atoms. The smallest absolute Gasteiger partial charge is 0.340 e. The molecule has 2 heterocycles. The van der Waals surface area contributed by atoms with Crippen LogP contribution in [0.3, 0.4) is 0 Å². The molecule has 0 radical (unpaired) electrons. The summed E-state index contributed by atoms with van der Waals surface area (Å²) in [5.41, 5.74) is 6.65. The standard InChI is InChI=1S/C13H19N3O2S/c1-13(5-3-7-19-13)8-16-11-10(14)9(4-6-15-11)12(17)18-2/h4,6H,3,5,7-8,14H2,1-2H3,(H,15,16). The van der Waals surface area contributed by atoms with Crippen LogP contribution < -0.4 is 11.1 Å². The fourth-order valence-corrected chi connectivity index (χ4v) is 3.39. The van der Waals surface area contributed by atoms with E-state index >= 15 is 0 Å². The fourth-order valence-electron chi connectivity index (χ4n) is 2.15. The summed E-state index contributed by atoms with van der Waals surface area (Å²) in [6, 6.07) is 1.57. The van der Waals surface area contributed by atoms with Crippen molar-refractivity contribution in [1.29, 1.82) is 0 Å². The highest BCUT2D eigenvalue weighted by Gasteiger charge is 2.29. The summed E-state index contributed by atoms with van der Waals surface area (Å²) in [7, 11) is 1.34. The van der Waals surface area contributed by atoms with Crippen LogP contribution >= 0.6 is 11.8 Å². The Morgan fingerprint density at radius 3 is 3.11 bits per heavy atom. The molecule has 0 spiro atoms. The molecule has 1 aliphatic heterocycles. The number of aromatic nitrogens is 1. The third-order valence-corrected chi connectivity index (χ3v) is 4.86. The molecule has 1 fully saturated rings. The number of thioether (sulfide) groups is 1. The lowest BCUT2D eigenvalue weighted by Crippen LogP contribution is -2.28. The number of hydrogen-bond acceptors (Lipinski definition) is 6. The number of carbonyl (C=O) groups excluding carboxylic acids is 1. The lowest BCUT2D eigenvalue weighted by Gasteiger charge is -2.23. The predicted octanol–water partition coefficient (Wildman–Crippen LogP) is 2.15. The summed E-state index contributed by atoms with van der Waals surface area (Å²) < 4.78 is 4.91. The molecule has 0 amide bonds. The number of nitrogens with one attached hydrogen (secondary N) is 1. The van der Waals surface area contributed by atoms with Gasteiger partial charge in [0.25, 0.3) is 0 Å². The van der Waals surface area contributed by atoms with E-state index in [2.05, 4.69) is 17.2 Å². The number of nitrogens with zero attached hydrogens (tertiary/aromatic N) is 1. The van der Waals surface area contributed by atoms with Crippen molar-refractivity contribution in [1.82, 2.24) is 4.98 Å². The van der Waals surface area contributed by atoms with Crippen LogP contribution in [0.1, 0.15) is 30.1 Å². The molecule has 1 unspecified atom stereocenters. The van der Waals surface area contributed by atoms with Crippen molar-refractivity contribution in [3.63, 3.8) is 0 Å². The fraction of sp³-hybridized carbons (Fsp3) is 0.538. The number of pyridine rings is 1. The molecular formula is C13H19N3O2S. The van der Waals surface area contributed by atoms with Crippen LogP contribution in [0.25, 0.3) is 0 Å². The molecule has 1 aromatic rings. The number of carbonyl (C=O) groups is 1. The van der Waals surface area contributed by atoms with Crippen molar-refractivity contribution in [2.24, 2.45) is 0 Å². The summed E-state index contributed by atoms with van der Waals surface area (Å²) in [6.07, 6.45) is 3.99. The second-order valence-electron chi connectivity index (χ2n) is 4.87. The van der Waals surface area contributed by atoms with Crippen molar-refractivity contribution in [2.45, 2.75) is 24.5 Å². The molecule has 6 heteroatoms. The Kier molecular flexibility index (Phi) is 4.19. The second kappa shape index (κ2) is 5.69. The van der Waals surface area contributed by atoms with Gasteiger partial charge in [-0.05, 0) is 31.6 Å². The Labute approximate surface area is 117 Å². The first kappa shape index (κ1) is 14.0. The molecule has 3 N–H and O–H groups in total. The van der Waals surface area contributed by atoms with Gasteiger partial charge in [-0.1, -0.05) is 0 Å². The van der Waals surface area contributed by atoms with Gasteiger partial charge in [0.15, 0.2) is 0 Å². The molecule has 1 saturated heterocycles. The lowest BCUT2D eigenvalue weighted by atomic mass is 10.1. The number of ether oxygens (including phenoxy) is 1. The third kappa shape index (κ3) is 3.12. The molecule has 5 nitrogen and oxygen atoms in total. The van der Waals surface area contributed by atoms with Crippen molar-refractivity contribution >= 4 is 29.2 Å². The Morgan fingerprint density at radius 1 is 1.68 bits per heavy atom. The molecule has 2 rings (SSSR count). The Hall–Kier alpha value is -1.43. The molecule has 1 atom stereocenters. The van der Waals surface area contributed by atoms with Crippen LogP contribution in [0.15, 0.2) is 12.3 Å². The van der Waals surface area contributed by atoms with E-state index in [0.29, 0.717) is 17.1 Å². The molecule has 104 valence electrons. The van der Waals surface area contributed by atoms with E-state index < -0.39 is 5.97 Å². The summed E-state index contributed by atoms with van der Waals surface area (Å²) >= 11 is 1.96. The quantitative estimate of drug-likeness (QED) is 0.823. The summed E-state index contributed by atoms with van der Waals surface area (Å²) in [5.74, 6) is 1.31. The average Bonchev–Trinajstić information content (AvgIpc) is 2.84. The van der Waals surface area contributed by atoms with Crippen LogP contribution in [0.5, 0.6) is 0 Å². The van der Waals surface area contributed by atoms with E-state index in [1.54, 1.807) is 12.3 Å². The van der Waals surface area contributed by atoms with Crippen LogP contribution in [0.2, 0.25) is 0 Å². The van der Waals surface area contributed by atoms with Crippen molar-refractivity contribution in [3.8, 4) is 0 Å². The predicted molar refractivity (Wildman–Crippen MR) is 78.6 cm³/mol. The normalized spacial score (nSPS) is 22.2. The van der Waals surface area contributed by atoms with Gasteiger partial charge in [0.1, 0.15) is 5.82 Å². The minimum atomic E-state index is -0.440. The molecule has 0 bridgehead atoms. The number of methoxy groups -OCH3 is 1. The summed E-state index contributed by atoms with van der Waals surface area (Å²) in [6.45, 7) is 3.03. The summed E-state index contributed by atoms with van der Waals surface area (Å²) in [4.78, 5) is 15.7. The van der Waals surface area contributed by atoms with Crippen molar-refractivity contribution < 1.29 is 9.53 Å². The number of esters is 1. The average molecular weight is 281 g/mol. The van der Waals surface area contributed by atoms with Gasteiger partial charge in [-0.3, -0.25) is 0 Å². The van der Waals surface area contributed by atoms with Gasteiger partial charge in [-0.25, -0.2) is 9.78 Å². The summed E-state index contributed by atoms with van der Waals surface area (Å²) in [5, 5.41) is 3.25. The zero-order valence-corrected chi connectivity index (χ0v) is 12.0. The molecule has 1 aromatic heterocycles. The van der Waals surface area contributed by atoms with Crippen LogP contribution in [-0.4, -0.2) is 35.1 Å². The molecule has 0 aromatic carbocycles. The third-order valence-electron chi connectivity index (χ3n) is 3.33. The SMILES string of the molecule is COC(=O)c1ccnc(NCC2(C)CCCS2)c1N. The molecular weight excluding hydrogens is 262 g/mol. The zero-order valence-electron chi connectivity index (χ0n) is 11.2. The molecule has 0 saturated carbocycles. The van der Waals surface area contributed by atoms with Crippen LogP contribution in [-0.2, 0) is 4.74 Å². The number of nitrogens with two attached hydrogens (primary N) is 1. The first-order valence-electron chi connectivity index (χ1n) is 6.26. The van der Waals surface area contributed by atoms with Gasteiger partial charge in [0, 0.05) is 17.5 Å². The minimum Gasteiger partial charge on any atom is -0.465 e. The van der Waals surface area contributed by atoms with Gasteiger partial charge in [-0.2, -0.15) is 11.8 Å². The first-order chi connectivity index (χ1) is 9.06. The van der Waals surface area contributed by atoms with Gasteiger partial charge >= 0.3 is 5.97 Å². The lowest BCUT2D eigenvalue weighted by molar-refractivity contribution is 0.0602. The second-order valence-corrected chi connectivity index (χ2v) is 6.55. The number of hydrogen-bond donors (Lipinski definition) is 2. The maximum absolute atomic E-state index is 11.5. The number of anilines is 2. The Balaban J connectivity index is 2.10. The zero-order chi connectivity index (χ0) is 13.9. The van der Waals surface area contributed by atoms with Gasteiger partial charge < -0.3 is 15.8 Å². The van der Waals surface area contributed by atoms with Crippen LogP contribution in [0.4, 0.5) is 11.5 Å². The Morgan fingerprint density at radius 2 is 2.47 bits per heavy atom. The monoisotopic (exact) mass is 281 g/mol. The van der Waals surface area contributed by atoms with E-state index in [-0.39, 0.29) is 4.75 Å². The maximum atomic E-state index is 11.5. The van der Waals surface area contributed by atoms with Gasteiger partial charge in [0.05, 0.1) is 18.4 Å². The highest BCUT2D eigenvalue weighted by Crippen LogP contribution is 2.38. The van der Waals surface area contributed by atoms with Gasteiger partial charge in [0.2, 0.25) is 0 Å². The van der Waals surface area contributed by atoms with E-state index in [0.717, 1.165) is 6.54 Å².